The zero-order valence-electron chi connectivity index (χ0n) is 13.3. The van der Waals surface area contributed by atoms with E-state index in [1.807, 2.05) is 42.5 Å². The summed E-state index contributed by atoms with van der Waals surface area (Å²) in [6.07, 6.45) is 0. The third-order valence-electron chi connectivity index (χ3n) is 4.24. The molecule has 0 aliphatic heterocycles. The minimum atomic E-state index is -0.513. The summed E-state index contributed by atoms with van der Waals surface area (Å²) >= 11 is 0. The van der Waals surface area contributed by atoms with Crippen LogP contribution in [-0.4, -0.2) is 14.5 Å². The molecule has 1 heterocycles. The van der Waals surface area contributed by atoms with Crippen molar-refractivity contribution >= 4 is 27.4 Å². The second-order valence-corrected chi connectivity index (χ2v) is 5.76. The third kappa shape index (κ3) is 2.35. The zero-order valence-corrected chi connectivity index (χ0v) is 13.3. The molecule has 0 aliphatic rings. The van der Waals surface area contributed by atoms with Crippen molar-refractivity contribution < 1.29 is 4.92 Å². The zero-order chi connectivity index (χ0) is 17.6. The molecule has 122 valence electrons. The number of non-ortho nitro benzene ring substituents is 1. The molecule has 0 radical (unpaired) electrons. The summed E-state index contributed by atoms with van der Waals surface area (Å²) < 4.78 is 1.51. The Balaban J connectivity index is 2.10. The predicted octanol–water partition coefficient (Wildman–Crippen LogP) is 3.76. The number of hydrogen-bond acceptors (Lipinski definition) is 4. The fraction of sp³-hybridized carbons (Fsp3) is 0.0526. The monoisotopic (exact) mass is 331 g/mol. The first-order valence-corrected chi connectivity index (χ1v) is 7.72. The van der Waals surface area contributed by atoms with Gasteiger partial charge in [-0.2, -0.15) is 0 Å². The molecule has 0 saturated carbocycles. The lowest BCUT2D eigenvalue weighted by Gasteiger charge is -2.13. The van der Waals surface area contributed by atoms with Crippen LogP contribution in [0.4, 0.5) is 5.69 Å². The Bertz CT molecular complexity index is 1210. The van der Waals surface area contributed by atoms with E-state index >= 15 is 0 Å². The molecule has 3 aromatic carbocycles. The fourth-order valence-corrected chi connectivity index (χ4v) is 3.09. The molecule has 0 atom stereocenters. The van der Waals surface area contributed by atoms with Gasteiger partial charge in [-0.3, -0.25) is 19.5 Å². The minimum absolute atomic E-state index is 0.125. The highest BCUT2D eigenvalue weighted by Crippen LogP contribution is 2.23. The number of nitro groups is 1. The maximum absolute atomic E-state index is 13.1. The van der Waals surface area contributed by atoms with Gasteiger partial charge in [0.15, 0.2) is 0 Å². The smallest absolute Gasteiger partial charge is 0.268 e. The Morgan fingerprint density at radius 3 is 2.56 bits per heavy atom. The SMILES string of the molecule is Cc1nc2ccc([N+](=O)[O-])cc2c(=O)n1-c1cccc2ccccc12. The van der Waals surface area contributed by atoms with Gasteiger partial charge in [0.25, 0.3) is 11.2 Å². The Hall–Kier alpha value is -3.54. The number of nitro benzene ring substituents is 1. The third-order valence-corrected chi connectivity index (χ3v) is 4.24. The summed E-state index contributed by atoms with van der Waals surface area (Å²) in [5.74, 6) is 0.530. The normalized spacial score (nSPS) is 11.1. The Morgan fingerprint density at radius 1 is 1.00 bits per heavy atom. The van der Waals surface area contributed by atoms with E-state index in [9.17, 15) is 14.9 Å². The van der Waals surface area contributed by atoms with Gasteiger partial charge in [-0.05, 0) is 24.4 Å². The largest absolute Gasteiger partial charge is 0.270 e. The fourth-order valence-electron chi connectivity index (χ4n) is 3.09. The molecule has 0 N–H and O–H groups in total. The first kappa shape index (κ1) is 15.0. The van der Waals surface area contributed by atoms with Gasteiger partial charge in [0.05, 0.1) is 21.5 Å². The molecule has 25 heavy (non-hydrogen) atoms. The van der Waals surface area contributed by atoms with Gasteiger partial charge in [-0.1, -0.05) is 36.4 Å². The second kappa shape index (κ2) is 5.52. The van der Waals surface area contributed by atoms with Crippen LogP contribution in [0, 0.1) is 17.0 Å². The van der Waals surface area contributed by atoms with Crippen molar-refractivity contribution in [3.05, 3.63) is 87.0 Å². The summed E-state index contributed by atoms with van der Waals surface area (Å²) in [5.41, 5.74) is 0.716. The Kier molecular flexibility index (Phi) is 3.32. The first-order valence-electron chi connectivity index (χ1n) is 7.72. The van der Waals surface area contributed by atoms with Gasteiger partial charge in [-0.15, -0.1) is 0 Å². The lowest BCUT2D eigenvalue weighted by atomic mass is 10.1. The number of rotatable bonds is 2. The topological polar surface area (TPSA) is 78.0 Å². The number of hydrogen-bond donors (Lipinski definition) is 0. The van der Waals surface area contributed by atoms with E-state index in [2.05, 4.69) is 4.98 Å². The molecule has 0 spiro atoms. The van der Waals surface area contributed by atoms with Gasteiger partial charge in [0.1, 0.15) is 5.82 Å². The van der Waals surface area contributed by atoms with Gasteiger partial charge in [0, 0.05) is 17.5 Å². The molecule has 6 heteroatoms. The van der Waals surface area contributed by atoms with Crippen LogP contribution in [0.25, 0.3) is 27.4 Å². The van der Waals surface area contributed by atoms with Gasteiger partial charge in [0.2, 0.25) is 0 Å². The molecule has 0 unspecified atom stereocenters. The van der Waals surface area contributed by atoms with E-state index in [1.165, 1.54) is 22.8 Å². The van der Waals surface area contributed by atoms with Gasteiger partial charge >= 0.3 is 0 Å². The van der Waals surface area contributed by atoms with Crippen molar-refractivity contribution in [1.82, 2.24) is 9.55 Å². The van der Waals surface area contributed by atoms with Crippen molar-refractivity contribution in [2.45, 2.75) is 6.92 Å². The van der Waals surface area contributed by atoms with Crippen molar-refractivity contribution in [1.29, 1.82) is 0 Å². The van der Waals surface area contributed by atoms with E-state index in [0.717, 1.165) is 10.8 Å². The van der Waals surface area contributed by atoms with Gasteiger partial charge in [-0.25, -0.2) is 4.98 Å². The summed E-state index contributed by atoms with van der Waals surface area (Å²) in [6.45, 7) is 1.75. The molecule has 0 saturated heterocycles. The molecule has 6 nitrogen and oxygen atoms in total. The minimum Gasteiger partial charge on any atom is -0.268 e. The molecule has 0 amide bonds. The van der Waals surface area contributed by atoms with E-state index in [0.29, 0.717) is 17.0 Å². The molecule has 0 aliphatic carbocycles. The van der Waals surface area contributed by atoms with E-state index < -0.39 is 4.92 Å². The van der Waals surface area contributed by atoms with Crippen molar-refractivity contribution in [3.63, 3.8) is 0 Å². The van der Waals surface area contributed by atoms with E-state index in [-0.39, 0.29) is 16.6 Å². The number of aryl methyl sites for hydroxylation is 1. The molecule has 4 rings (SSSR count). The standard InChI is InChI=1S/C19H13N3O3/c1-12-20-17-10-9-14(22(24)25)11-16(17)19(23)21(12)18-8-4-6-13-5-2-3-7-15(13)18/h2-11H,1H3. The number of fused-ring (bicyclic) bond motifs is 2. The average molecular weight is 331 g/mol. The maximum atomic E-state index is 13.1. The molecule has 1 aromatic heterocycles. The van der Waals surface area contributed by atoms with Crippen LogP contribution in [-0.2, 0) is 0 Å². The van der Waals surface area contributed by atoms with Crippen molar-refractivity contribution in [3.8, 4) is 5.69 Å². The van der Waals surface area contributed by atoms with Crippen LogP contribution in [0.2, 0.25) is 0 Å². The predicted molar refractivity (Wildman–Crippen MR) is 96.2 cm³/mol. The summed E-state index contributed by atoms with van der Waals surface area (Å²) in [4.78, 5) is 28.0. The van der Waals surface area contributed by atoms with Gasteiger partial charge < -0.3 is 0 Å². The van der Waals surface area contributed by atoms with Crippen LogP contribution in [0.1, 0.15) is 5.82 Å². The molecular formula is C19H13N3O3. The highest BCUT2D eigenvalue weighted by Gasteiger charge is 2.15. The van der Waals surface area contributed by atoms with Crippen molar-refractivity contribution in [2.75, 3.05) is 0 Å². The Morgan fingerprint density at radius 2 is 1.76 bits per heavy atom. The van der Waals surface area contributed by atoms with Crippen LogP contribution in [0.5, 0.6) is 0 Å². The number of benzene rings is 3. The first-order chi connectivity index (χ1) is 12.1. The maximum Gasteiger partial charge on any atom is 0.270 e. The van der Waals surface area contributed by atoms with E-state index in [1.54, 1.807) is 6.92 Å². The van der Waals surface area contributed by atoms with Crippen LogP contribution in [0.15, 0.2) is 65.5 Å². The summed E-state index contributed by atoms with van der Waals surface area (Å²) in [7, 11) is 0. The quantitative estimate of drug-likeness (QED) is 0.414. The summed E-state index contributed by atoms with van der Waals surface area (Å²) in [5, 5.41) is 13.2. The number of nitrogens with zero attached hydrogens (tertiary/aromatic N) is 3. The van der Waals surface area contributed by atoms with Crippen LogP contribution >= 0.6 is 0 Å². The average Bonchev–Trinajstić information content (AvgIpc) is 2.61. The number of aromatic nitrogens is 2. The summed E-state index contributed by atoms with van der Waals surface area (Å²) in [6, 6.07) is 17.6. The lowest BCUT2D eigenvalue weighted by molar-refractivity contribution is -0.384. The lowest BCUT2D eigenvalue weighted by Crippen LogP contribution is -2.22. The highest BCUT2D eigenvalue weighted by atomic mass is 16.6. The van der Waals surface area contributed by atoms with E-state index in [4.69, 9.17) is 0 Å². The van der Waals surface area contributed by atoms with Crippen LogP contribution in [0.3, 0.4) is 0 Å². The van der Waals surface area contributed by atoms with Crippen molar-refractivity contribution in [2.24, 2.45) is 0 Å². The highest BCUT2D eigenvalue weighted by molar-refractivity contribution is 5.91. The molecular weight excluding hydrogens is 318 g/mol. The Labute approximate surface area is 142 Å². The molecule has 0 bridgehead atoms. The van der Waals surface area contributed by atoms with Crippen LogP contribution < -0.4 is 5.56 Å². The molecule has 4 aromatic rings. The second-order valence-electron chi connectivity index (χ2n) is 5.76. The molecule has 0 fully saturated rings.